The Morgan fingerprint density at radius 3 is 2.76 bits per heavy atom. The van der Waals surface area contributed by atoms with Crippen LogP contribution in [0.4, 0.5) is 0 Å². The van der Waals surface area contributed by atoms with Crippen LogP contribution in [0.15, 0.2) is 18.2 Å². The number of methoxy groups -OCH3 is 1. The molecule has 1 aromatic carbocycles. The van der Waals surface area contributed by atoms with E-state index in [1.54, 1.807) is 7.11 Å². The minimum Gasteiger partial charge on any atom is -0.496 e. The lowest BCUT2D eigenvalue weighted by Crippen LogP contribution is -2.26. The normalized spacial score (nSPS) is 28.1. The summed E-state index contributed by atoms with van der Waals surface area (Å²) in [5.41, 5.74) is 1.79. The first-order valence-corrected chi connectivity index (χ1v) is 7.72. The van der Waals surface area contributed by atoms with Gasteiger partial charge >= 0.3 is 0 Å². The summed E-state index contributed by atoms with van der Waals surface area (Å²) in [5, 5.41) is 9.50. The molecular weight excluding hydrogens is 262 g/mol. The van der Waals surface area contributed by atoms with Gasteiger partial charge in [-0.05, 0) is 55.2 Å². The third-order valence-corrected chi connectivity index (χ3v) is 5.28. The Hall–Kier alpha value is -1.82. The number of ketones is 1. The van der Waals surface area contributed by atoms with Gasteiger partial charge in [0.15, 0.2) is 5.78 Å². The van der Waals surface area contributed by atoms with Crippen LogP contribution >= 0.6 is 0 Å². The average molecular weight is 283 g/mol. The molecule has 0 saturated heterocycles. The maximum Gasteiger partial charge on any atom is 0.157 e. The molecule has 3 nitrogen and oxygen atoms in total. The summed E-state index contributed by atoms with van der Waals surface area (Å²) in [6.45, 7) is 1.96. The van der Waals surface area contributed by atoms with Crippen LogP contribution in [0.2, 0.25) is 0 Å². The molecule has 21 heavy (non-hydrogen) atoms. The van der Waals surface area contributed by atoms with Crippen molar-refractivity contribution in [1.29, 1.82) is 5.26 Å². The predicted molar refractivity (Wildman–Crippen MR) is 80.0 cm³/mol. The van der Waals surface area contributed by atoms with Crippen LogP contribution < -0.4 is 4.74 Å². The molecule has 0 amide bonds. The Morgan fingerprint density at radius 1 is 1.38 bits per heavy atom. The summed E-state index contributed by atoms with van der Waals surface area (Å²) in [7, 11) is 1.62. The minimum atomic E-state index is -0.649. The number of hydrogen-bond acceptors (Lipinski definition) is 3. The molecule has 4 unspecified atom stereocenters. The van der Waals surface area contributed by atoms with Crippen LogP contribution in [0.1, 0.15) is 42.7 Å². The largest absolute Gasteiger partial charge is 0.496 e. The summed E-state index contributed by atoms with van der Waals surface area (Å²) in [4.78, 5) is 12.8. The molecular formula is C18H21NO2. The smallest absolute Gasteiger partial charge is 0.157 e. The van der Waals surface area contributed by atoms with Gasteiger partial charge in [0.1, 0.15) is 11.7 Å². The second-order valence-electron chi connectivity index (χ2n) is 6.47. The first kappa shape index (κ1) is 14.1. The van der Waals surface area contributed by atoms with E-state index < -0.39 is 5.92 Å². The number of carbonyl (C=O) groups excluding carboxylic acids is 1. The molecule has 0 N–H and O–H groups in total. The highest BCUT2D eigenvalue weighted by Crippen LogP contribution is 2.50. The SMILES string of the molecule is COc1cc(C(C#N)C(=O)C2CC3CCC2C3)ccc1C. The van der Waals surface area contributed by atoms with Gasteiger partial charge in [-0.15, -0.1) is 0 Å². The van der Waals surface area contributed by atoms with E-state index in [1.807, 2.05) is 25.1 Å². The molecule has 2 aliphatic carbocycles. The summed E-state index contributed by atoms with van der Waals surface area (Å²) < 4.78 is 5.31. The lowest BCUT2D eigenvalue weighted by atomic mass is 9.79. The summed E-state index contributed by atoms with van der Waals surface area (Å²) in [5.74, 6) is 1.55. The van der Waals surface area contributed by atoms with Gasteiger partial charge in [0, 0.05) is 5.92 Å². The van der Waals surface area contributed by atoms with E-state index in [-0.39, 0.29) is 11.7 Å². The van der Waals surface area contributed by atoms with Crippen molar-refractivity contribution in [3.63, 3.8) is 0 Å². The number of aryl methyl sites for hydroxylation is 1. The monoisotopic (exact) mass is 283 g/mol. The maximum atomic E-state index is 12.8. The average Bonchev–Trinajstić information content (AvgIpc) is 3.12. The second kappa shape index (κ2) is 5.52. The molecule has 0 radical (unpaired) electrons. The Bertz CT molecular complexity index is 602. The number of fused-ring (bicyclic) bond motifs is 2. The first-order valence-electron chi connectivity index (χ1n) is 7.72. The molecule has 3 rings (SSSR count). The molecule has 0 aromatic heterocycles. The van der Waals surface area contributed by atoms with Crippen molar-refractivity contribution in [2.45, 2.75) is 38.5 Å². The van der Waals surface area contributed by atoms with Crippen LogP contribution in [0, 0.1) is 36.0 Å². The van der Waals surface area contributed by atoms with E-state index in [0.29, 0.717) is 5.92 Å². The van der Waals surface area contributed by atoms with E-state index in [1.165, 1.54) is 12.8 Å². The molecule has 0 spiro atoms. The van der Waals surface area contributed by atoms with Crippen LogP contribution in [0.25, 0.3) is 0 Å². The summed E-state index contributed by atoms with van der Waals surface area (Å²) in [6.07, 6.45) is 4.61. The zero-order valence-corrected chi connectivity index (χ0v) is 12.6. The summed E-state index contributed by atoms with van der Waals surface area (Å²) >= 11 is 0. The van der Waals surface area contributed by atoms with E-state index in [0.717, 1.165) is 35.6 Å². The molecule has 1 aromatic rings. The lowest BCUT2D eigenvalue weighted by molar-refractivity contribution is -0.124. The van der Waals surface area contributed by atoms with Crippen molar-refractivity contribution < 1.29 is 9.53 Å². The first-order chi connectivity index (χ1) is 10.1. The van der Waals surface area contributed by atoms with Gasteiger partial charge in [-0.25, -0.2) is 0 Å². The van der Waals surface area contributed by atoms with E-state index in [4.69, 9.17) is 4.74 Å². The number of nitrogens with zero attached hydrogens (tertiary/aromatic N) is 1. The topological polar surface area (TPSA) is 50.1 Å². The van der Waals surface area contributed by atoms with Crippen LogP contribution in [-0.2, 0) is 4.79 Å². The standard InChI is InChI=1S/C18H21NO2/c1-11-3-5-14(9-17(11)21-2)16(10-19)18(20)15-8-12-4-6-13(15)7-12/h3,5,9,12-13,15-16H,4,6-8H2,1-2H3. The zero-order valence-electron chi connectivity index (χ0n) is 12.6. The van der Waals surface area contributed by atoms with Gasteiger partial charge in [0.25, 0.3) is 0 Å². The van der Waals surface area contributed by atoms with Crippen LogP contribution in [0.5, 0.6) is 5.75 Å². The molecule has 2 aliphatic rings. The molecule has 3 heteroatoms. The van der Waals surface area contributed by atoms with Crippen molar-refractivity contribution in [2.75, 3.05) is 7.11 Å². The molecule has 0 aliphatic heterocycles. The molecule has 4 atom stereocenters. The molecule has 0 heterocycles. The minimum absolute atomic E-state index is 0.0979. The van der Waals surface area contributed by atoms with Gasteiger partial charge < -0.3 is 4.74 Å². The molecule has 2 fully saturated rings. The highest BCUT2D eigenvalue weighted by atomic mass is 16.5. The molecule has 2 bridgehead atoms. The van der Waals surface area contributed by atoms with Gasteiger partial charge in [-0.2, -0.15) is 5.26 Å². The number of rotatable bonds is 4. The highest BCUT2D eigenvalue weighted by Gasteiger charge is 2.45. The van der Waals surface area contributed by atoms with E-state index in [2.05, 4.69) is 6.07 Å². The molecule has 2 saturated carbocycles. The van der Waals surface area contributed by atoms with Gasteiger partial charge in [0.05, 0.1) is 13.2 Å². The van der Waals surface area contributed by atoms with E-state index >= 15 is 0 Å². The zero-order chi connectivity index (χ0) is 15.0. The number of hydrogen-bond donors (Lipinski definition) is 0. The Balaban J connectivity index is 1.85. The lowest BCUT2D eigenvalue weighted by Gasteiger charge is -2.23. The summed E-state index contributed by atoms with van der Waals surface area (Å²) in [6, 6.07) is 7.87. The van der Waals surface area contributed by atoms with E-state index in [9.17, 15) is 10.1 Å². The van der Waals surface area contributed by atoms with Crippen molar-refractivity contribution in [3.05, 3.63) is 29.3 Å². The van der Waals surface area contributed by atoms with Crippen LogP contribution in [0.3, 0.4) is 0 Å². The van der Waals surface area contributed by atoms with Gasteiger partial charge in [-0.1, -0.05) is 18.6 Å². The van der Waals surface area contributed by atoms with Crippen molar-refractivity contribution in [2.24, 2.45) is 17.8 Å². The predicted octanol–water partition coefficient (Wildman–Crippen LogP) is 3.62. The Morgan fingerprint density at radius 2 is 2.19 bits per heavy atom. The Labute approximate surface area is 125 Å². The number of ether oxygens (including phenoxy) is 1. The number of carbonyl (C=O) groups is 1. The second-order valence-corrected chi connectivity index (χ2v) is 6.47. The van der Waals surface area contributed by atoms with Crippen molar-refractivity contribution in [1.82, 2.24) is 0 Å². The fourth-order valence-corrected chi connectivity index (χ4v) is 4.13. The maximum absolute atomic E-state index is 12.8. The van der Waals surface area contributed by atoms with Crippen molar-refractivity contribution >= 4 is 5.78 Å². The molecule has 110 valence electrons. The van der Waals surface area contributed by atoms with Gasteiger partial charge in [-0.3, -0.25) is 4.79 Å². The number of benzene rings is 1. The van der Waals surface area contributed by atoms with Gasteiger partial charge in [0.2, 0.25) is 0 Å². The Kier molecular flexibility index (Phi) is 3.71. The number of Topliss-reactive ketones (excluding diaryl/α,β-unsaturated/α-hetero) is 1. The third-order valence-electron chi connectivity index (χ3n) is 5.28. The van der Waals surface area contributed by atoms with Crippen molar-refractivity contribution in [3.8, 4) is 11.8 Å². The quantitative estimate of drug-likeness (QED) is 0.848. The number of nitriles is 1. The van der Waals surface area contributed by atoms with Crippen LogP contribution in [-0.4, -0.2) is 12.9 Å². The third kappa shape index (κ3) is 2.44. The highest BCUT2D eigenvalue weighted by molar-refractivity contribution is 5.91. The fourth-order valence-electron chi connectivity index (χ4n) is 4.13. The fraction of sp³-hybridized carbons (Fsp3) is 0.556.